The molecule has 0 aliphatic heterocycles. The van der Waals surface area contributed by atoms with E-state index in [0.717, 1.165) is 8.96 Å². The van der Waals surface area contributed by atoms with Gasteiger partial charge in [-0.1, -0.05) is 11.6 Å². The first-order valence-corrected chi connectivity index (χ1v) is 7.43. The van der Waals surface area contributed by atoms with Crippen molar-refractivity contribution in [3.8, 4) is 5.75 Å². The van der Waals surface area contributed by atoms with Crippen LogP contribution in [0, 0.1) is 3.57 Å². The maximum atomic E-state index is 11.7. The number of carbonyl (C=O) groups excluding carboxylic acids is 1. The second kappa shape index (κ2) is 7.21. The van der Waals surface area contributed by atoms with Crippen LogP contribution in [0.1, 0.15) is 0 Å². The number of ether oxygens (including phenoxy) is 2. The Labute approximate surface area is 140 Å². The van der Waals surface area contributed by atoms with E-state index in [9.17, 15) is 4.79 Å². The van der Waals surface area contributed by atoms with E-state index in [1.165, 1.54) is 7.11 Å². The first-order valence-electron chi connectivity index (χ1n) is 5.97. The van der Waals surface area contributed by atoms with Gasteiger partial charge in [0.05, 0.1) is 15.2 Å². The number of hydrogen-bond acceptors (Lipinski definition) is 5. The van der Waals surface area contributed by atoms with Crippen molar-refractivity contribution in [1.29, 1.82) is 0 Å². The molecule has 0 aliphatic carbocycles. The highest BCUT2D eigenvalue weighted by Gasteiger charge is 2.23. The summed E-state index contributed by atoms with van der Waals surface area (Å²) in [5.74, 6) is 5.15. The molecule has 0 aliphatic rings. The molecule has 0 spiro atoms. The number of rotatable bonds is 5. The molecule has 0 saturated carbocycles. The highest BCUT2D eigenvalue weighted by Crippen LogP contribution is 2.35. The lowest BCUT2D eigenvalue weighted by Crippen LogP contribution is -2.44. The van der Waals surface area contributed by atoms with Crippen molar-refractivity contribution in [2.45, 2.75) is 6.10 Å². The number of halogens is 2. The average Bonchev–Trinajstić information content (AvgIpc) is 2.49. The van der Waals surface area contributed by atoms with E-state index in [-0.39, 0.29) is 6.61 Å². The molecule has 112 valence electrons. The molecule has 0 saturated heterocycles. The normalized spacial score (nSPS) is 12.2. The number of nitrogens with two attached hydrogens (primary N) is 1. The molecule has 1 aromatic heterocycles. The molecule has 0 bridgehead atoms. The number of hydrazine groups is 1. The van der Waals surface area contributed by atoms with Crippen molar-refractivity contribution in [1.82, 2.24) is 10.4 Å². The van der Waals surface area contributed by atoms with Gasteiger partial charge in [-0.2, -0.15) is 0 Å². The number of benzene rings is 1. The fourth-order valence-electron chi connectivity index (χ4n) is 1.81. The van der Waals surface area contributed by atoms with Crippen molar-refractivity contribution in [3.63, 3.8) is 0 Å². The summed E-state index contributed by atoms with van der Waals surface area (Å²) in [7, 11) is 1.48. The van der Waals surface area contributed by atoms with Gasteiger partial charge in [0.15, 0.2) is 5.75 Å². The number of fused-ring (bicyclic) bond motifs is 1. The van der Waals surface area contributed by atoms with Crippen LogP contribution in [0.25, 0.3) is 10.9 Å². The number of hydrogen-bond donors (Lipinski definition) is 2. The molecule has 1 heterocycles. The average molecular weight is 422 g/mol. The molecule has 1 aromatic carbocycles. The Balaban J connectivity index is 2.48. The van der Waals surface area contributed by atoms with Crippen molar-refractivity contribution < 1.29 is 14.3 Å². The first kappa shape index (κ1) is 16.2. The minimum Gasteiger partial charge on any atom is -0.475 e. The maximum Gasteiger partial charge on any atom is 0.277 e. The van der Waals surface area contributed by atoms with Crippen LogP contribution < -0.4 is 16.0 Å². The summed E-state index contributed by atoms with van der Waals surface area (Å²) < 4.78 is 11.5. The lowest BCUT2D eigenvalue weighted by molar-refractivity contribution is -0.130. The second-order valence-corrected chi connectivity index (χ2v) is 5.71. The van der Waals surface area contributed by atoms with Crippen LogP contribution in [-0.4, -0.2) is 30.7 Å². The number of amides is 1. The third-order valence-electron chi connectivity index (χ3n) is 2.76. The predicted molar refractivity (Wildman–Crippen MR) is 88.1 cm³/mol. The Morgan fingerprint density at radius 2 is 2.38 bits per heavy atom. The quantitative estimate of drug-likeness (QED) is 0.333. The molecule has 6 nitrogen and oxygen atoms in total. The first-order chi connectivity index (χ1) is 10.1. The Morgan fingerprint density at radius 1 is 1.62 bits per heavy atom. The molecule has 21 heavy (non-hydrogen) atoms. The van der Waals surface area contributed by atoms with Crippen molar-refractivity contribution in [3.05, 3.63) is 33.0 Å². The number of nitrogens with one attached hydrogen (secondary N) is 1. The summed E-state index contributed by atoms with van der Waals surface area (Å²) in [6, 6.07) is 5.37. The van der Waals surface area contributed by atoms with E-state index < -0.39 is 12.0 Å². The Morgan fingerprint density at radius 3 is 3.05 bits per heavy atom. The third-order valence-corrected chi connectivity index (χ3v) is 3.88. The van der Waals surface area contributed by atoms with E-state index >= 15 is 0 Å². The second-order valence-electron chi connectivity index (χ2n) is 4.14. The molecule has 0 fully saturated rings. The van der Waals surface area contributed by atoms with Crippen molar-refractivity contribution in [2.24, 2.45) is 5.84 Å². The minimum atomic E-state index is -0.875. The van der Waals surface area contributed by atoms with Crippen LogP contribution in [0.15, 0.2) is 24.4 Å². The fourth-order valence-corrected chi connectivity index (χ4v) is 2.95. The molecule has 1 atom stereocenters. The molecule has 8 heteroatoms. The summed E-state index contributed by atoms with van der Waals surface area (Å²) in [6.07, 6.45) is 0.760. The summed E-state index contributed by atoms with van der Waals surface area (Å²) in [4.78, 5) is 16.0. The van der Waals surface area contributed by atoms with Crippen LogP contribution in [0.2, 0.25) is 5.02 Å². The van der Waals surface area contributed by atoms with E-state index in [2.05, 4.69) is 33.0 Å². The number of aromatic nitrogens is 1. The number of methoxy groups -OCH3 is 1. The SMILES string of the molecule is COCC(Oc1c(I)cc(Cl)c2cccnc12)C(=O)NN. The summed E-state index contributed by atoms with van der Waals surface area (Å²) in [5.41, 5.74) is 2.64. The van der Waals surface area contributed by atoms with Crippen LogP contribution >= 0.6 is 34.2 Å². The van der Waals surface area contributed by atoms with Crippen LogP contribution in [-0.2, 0) is 9.53 Å². The van der Waals surface area contributed by atoms with Crippen molar-refractivity contribution in [2.75, 3.05) is 13.7 Å². The molecule has 1 amide bonds. The number of pyridine rings is 1. The molecule has 2 aromatic rings. The van der Waals surface area contributed by atoms with Gasteiger partial charge in [-0.3, -0.25) is 15.2 Å². The van der Waals surface area contributed by atoms with Gasteiger partial charge < -0.3 is 9.47 Å². The van der Waals surface area contributed by atoms with E-state index in [1.807, 2.05) is 6.07 Å². The fraction of sp³-hybridized carbons (Fsp3) is 0.231. The van der Waals surface area contributed by atoms with E-state index in [4.69, 9.17) is 26.9 Å². The molecule has 1 unspecified atom stereocenters. The van der Waals surface area contributed by atoms with Gasteiger partial charge in [0, 0.05) is 18.7 Å². The lowest BCUT2D eigenvalue weighted by Gasteiger charge is -2.19. The minimum absolute atomic E-state index is 0.0655. The van der Waals surface area contributed by atoms with E-state index in [0.29, 0.717) is 16.3 Å². The van der Waals surface area contributed by atoms with Gasteiger partial charge in [0.1, 0.15) is 5.52 Å². The number of carbonyl (C=O) groups is 1. The van der Waals surface area contributed by atoms with Gasteiger partial charge in [-0.15, -0.1) is 0 Å². The zero-order valence-corrected chi connectivity index (χ0v) is 14.0. The molecular formula is C13H13ClIN3O3. The van der Waals surface area contributed by atoms with Gasteiger partial charge in [-0.05, 0) is 40.8 Å². The summed E-state index contributed by atoms with van der Waals surface area (Å²) >= 11 is 8.28. The topological polar surface area (TPSA) is 86.5 Å². The highest BCUT2D eigenvalue weighted by atomic mass is 127. The number of nitrogens with zero attached hydrogens (tertiary/aromatic N) is 1. The maximum absolute atomic E-state index is 11.7. The Bertz CT molecular complexity index is 668. The molecular weight excluding hydrogens is 409 g/mol. The molecule has 0 radical (unpaired) electrons. The van der Waals surface area contributed by atoms with Gasteiger partial charge in [0.2, 0.25) is 6.10 Å². The highest BCUT2D eigenvalue weighted by molar-refractivity contribution is 14.1. The summed E-state index contributed by atoms with van der Waals surface area (Å²) in [6.45, 7) is 0.0655. The van der Waals surface area contributed by atoms with Gasteiger partial charge in [-0.25, -0.2) is 5.84 Å². The monoisotopic (exact) mass is 421 g/mol. The smallest absolute Gasteiger partial charge is 0.277 e. The standard InChI is InChI=1S/C13H13ClIN3O3/c1-20-6-10(13(19)18-16)21-12-9(15)5-8(14)7-3-2-4-17-11(7)12/h2-5,10H,6,16H2,1H3,(H,18,19). The molecule has 2 rings (SSSR count). The van der Waals surface area contributed by atoms with Crippen molar-refractivity contribution >= 4 is 51.0 Å². The molecule has 3 N–H and O–H groups in total. The van der Waals surface area contributed by atoms with Crippen LogP contribution in [0.4, 0.5) is 0 Å². The zero-order chi connectivity index (χ0) is 15.4. The third kappa shape index (κ3) is 3.54. The van der Waals surface area contributed by atoms with Gasteiger partial charge >= 0.3 is 0 Å². The van der Waals surface area contributed by atoms with Crippen LogP contribution in [0.3, 0.4) is 0 Å². The van der Waals surface area contributed by atoms with Gasteiger partial charge in [0.25, 0.3) is 5.91 Å². The van der Waals surface area contributed by atoms with Crippen LogP contribution in [0.5, 0.6) is 5.75 Å². The lowest BCUT2D eigenvalue weighted by atomic mass is 10.2. The van der Waals surface area contributed by atoms with E-state index in [1.54, 1.807) is 18.3 Å². The predicted octanol–water partition coefficient (Wildman–Crippen LogP) is 1.88. The Kier molecular flexibility index (Phi) is 5.57. The Hall–Kier alpha value is -1.16. The zero-order valence-electron chi connectivity index (χ0n) is 11.1. The largest absolute Gasteiger partial charge is 0.475 e. The summed E-state index contributed by atoms with van der Waals surface area (Å²) in [5, 5.41) is 1.32.